The van der Waals surface area contributed by atoms with Gasteiger partial charge in [0.15, 0.2) is 11.5 Å². The molecule has 1 atom stereocenters. The molecule has 5 heteroatoms. The van der Waals surface area contributed by atoms with Crippen molar-refractivity contribution in [3.8, 4) is 11.5 Å². The second kappa shape index (κ2) is 11.5. The molecule has 3 aliphatic heterocycles. The second-order valence-electron chi connectivity index (χ2n) is 14.8. The van der Waals surface area contributed by atoms with Crippen LogP contribution in [-0.4, -0.2) is 31.5 Å². The fraction of sp³-hybridized carbons (Fsp3) is 0.366. The van der Waals surface area contributed by atoms with Crippen molar-refractivity contribution in [2.45, 2.75) is 77.9 Å². The topological polar surface area (TPSA) is 40.2 Å². The Balaban J connectivity index is 1.28. The van der Waals surface area contributed by atoms with Crippen molar-refractivity contribution in [3.05, 3.63) is 135 Å². The number of hydrogen-bond donors (Lipinski definition) is 0. The van der Waals surface area contributed by atoms with Crippen molar-refractivity contribution in [2.24, 2.45) is 0 Å². The minimum absolute atomic E-state index is 0.105. The van der Waals surface area contributed by atoms with Crippen LogP contribution in [-0.2, 0) is 39.8 Å². The van der Waals surface area contributed by atoms with Crippen molar-refractivity contribution < 1.29 is 18.9 Å². The van der Waals surface area contributed by atoms with Crippen molar-refractivity contribution in [3.63, 3.8) is 0 Å². The zero-order valence-electron chi connectivity index (χ0n) is 28.2. The van der Waals surface area contributed by atoms with E-state index in [-0.39, 0.29) is 23.7 Å². The van der Waals surface area contributed by atoms with Gasteiger partial charge >= 0.3 is 0 Å². The lowest BCUT2D eigenvalue weighted by atomic mass is 9.79. The highest BCUT2D eigenvalue weighted by atomic mass is 16.7. The second-order valence-corrected chi connectivity index (χ2v) is 14.8. The van der Waals surface area contributed by atoms with Crippen molar-refractivity contribution in [2.75, 3.05) is 20.4 Å². The first-order valence-electron chi connectivity index (χ1n) is 16.4. The van der Waals surface area contributed by atoms with Gasteiger partial charge in [0.05, 0.1) is 19.4 Å². The summed E-state index contributed by atoms with van der Waals surface area (Å²) >= 11 is 0. The smallest absolute Gasteiger partial charge is 0.231 e. The third kappa shape index (κ3) is 5.66. The normalized spacial score (nSPS) is 18.7. The monoisotopic (exact) mass is 615 g/mol. The Morgan fingerprint density at radius 2 is 1.43 bits per heavy atom. The van der Waals surface area contributed by atoms with Crippen LogP contribution in [0.4, 0.5) is 0 Å². The number of rotatable bonds is 6. The van der Waals surface area contributed by atoms with Gasteiger partial charge in [-0.05, 0) is 74.4 Å². The van der Waals surface area contributed by atoms with Gasteiger partial charge in [0.2, 0.25) is 6.79 Å². The van der Waals surface area contributed by atoms with Crippen LogP contribution in [0.5, 0.6) is 11.5 Å². The molecular weight excluding hydrogens is 570 g/mol. The summed E-state index contributed by atoms with van der Waals surface area (Å²) in [6.07, 6.45) is 8.00. The van der Waals surface area contributed by atoms with Gasteiger partial charge in [-0.2, -0.15) is 0 Å². The van der Waals surface area contributed by atoms with Gasteiger partial charge in [-0.25, -0.2) is 0 Å². The van der Waals surface area contributed by atoms with E-state index < -0.39 is 0 Å². The number of methoxy groups -OCH3 is 1. The predicted molar refractivity (Wildman–Crippen MR) is 184 cm³/mol. The third-order valence-electron chi connectivity index (χ3n) is 9.61. The van der Waals surface area contributed by atoms with Crippen LogP contribution in [0.15, 0.2) is 101 Å². The molecule has 0 N–H and O–H groups in total. The molecule has 5 nitrogen and oxygen atoms in total. The Kier molecular flexibility index (Phi) is 7.64. The Morgan fingerprint density at radius 3 is 2.07 bits per heavy atom. The fourth-order valence-corrected chi connectivity index (χ4v) is 6.87. The van der Waals surface area contributed by atoms with Crippen LogP contribution in [0.3, 0.4) is 0 Å². The number of hydrogen-bond acceptors (Lipinski definition) is 5. The Morgan fingerprint density at radius 1 is 0.804 bits per heavy atom. The van der Waals surface area contributed by atoms with Crippen molar-refractivity contribution in [1.82, 2.24) is 4.90 Å². The van der Waals surface area contributed by atoms with Gasteiger partial charge in [0.1, 0.15) is 11.9 Å². The molecule has 4 aliphatic rings. The number of ether oxygens (including phenoxy) is 4. The first kappa shape index (κ1) is 30.4. The van der Waals surface area contributed by atoms with Gasteiger partial charge in [0.25, 0.3) is 0 Å². The van der Waals surface area contributed by atoms with E-state index in [2.05, 4.69) is 125 Å². The fourth-order valence-electron chi connectivity index (χ4n) is 6.87. The molecular formula is C41H45NO4. The predicted octanol–water partition coefficient (Wildman–Crippen LogP) is 8.78. The van der Waals surface area contributed by atoms with E-state index in [1.54, 1.807) is 7.11 Å². The summed E-state index contributed by atoms with van der Waals surface area (Å²) in [6.45, 7) is 15.1. The molecule has 1 aliphatic carbocycles. The molecule has 0 fully saturated rings. The number of nitrogens with zero attached hydrogens (tertiary/aromatic N) is 1. The summed E-state index contributed by atoms with van der Waals surface area (Å²) in [5.74, 6) is 2.47. The maximum absolute atomic E-state index is 6.74. The summed E-state index contributed by atoms with van der Waals surface area (Å²) in [6, 6.07) is 22.3. The molecule has 0 spiro atoms. The van der Waals surface area contributed by atoms with E-state index in [1.807, 2.05) is 0 Å². The first-order valence-corrected chi connectivity index (χ1v) is 16.4. The molecule has 3 aromatic carbocycles. The molecule has 3 aromatic rings. The Labute approximate surface area is 273 Å². The first-order chi connectivity index (χ1) is 22.0. The molecule has 0 amide bonds. The van der Waals surface area contributed by atoms with Crippen LogP contribution in [0, 0.1) is 0 Å². The number of benzene rings is 3. The standard InChI is InChI=1S/C41H45NO4/c1-40(2,3)29-12-8-26(9-13-29)20-33-31-16-17-35(43-7)39(44-24-27-10-14-30(15-11-27)41(4,5)6)34(31)23-42-19-18-28-21-36-37(46-25-45-36)22-32(28)38(33)42/h8-17,21-23,39H,18-20,24-25H2,1-7H3. The summed E-state index contributed by atoms with van der Waals surface area (Å²) in [7, 11) is 1.74. The average molecular weight is 616 g/mol. The number of fused-ring (bicyclic) bond motifs is 5. The molecule has 0 bridgehead atoms. The zero-order chi connectivity index (χ0) is 32.2. The maximum atomic E-state index is 6.74. The van der Waals surface area contributed by atoms with Gasteiger partial charge in [-0.3, -0.25) is 0 Å². The van der Waals surface area contributed by atoms with Gasteiger partial charge < -0.3 is 23.8 Å². The van der Waals surface area contributed by atoms with E-state index in [4.69, 9.17) is 18.9 Å². The summed E-state index contributed by atoms with van der Waals surface area (Å²) in [5.41, 5.74) is 12.7. The van der Waals surface area contributed by atoms with Crippen molar-refractivity contribution in [1.29, 1.82) is 0 Å². The third-order valence-corrected chi connectivity index (χ3v) is 9.61. The van der Waals surface area contributed by atoms with Gasteiger partial charge in [0, 0.05) is 30.3 Å². The minimum atomic E-state index is -0.315. The SMILES string of the molecule is COC1=CC=C2C(=CN3CCc4cc5c(cc4C3=C2Cc2ccc(C(C)(C)C)cc2)OCO5)C1OCc1ccc(C(C)(C)C)cc1. The van der Waals surface area contributed by atoms with Crippen LogP contribution < -0.4 is 9.47 Å². The highest BCUT2D eigenvalue weighted by Crippen LogP contribution is 2.48. The largest absolute Gasteiger partial charge is 0.498 e. The summed E-state index contributed by atoms with van der Waals surface area (Å²) in [5, 5.41) is 0. The lowest BCUT2D eigenvalue weighted by Crippen LogP contribution is -2.34. The minimum Gasteiger partial charge on any atom is -0.498 e. The number of allylic oxidation sites excluding steroid dienone is 3. The molecule has 238 valence electrons. The quantitative estimate of drug-likeness (QED) is 0.277. The van der Waals surface area contributed by atoms with Gasteiger partial charge in [-0.1, -0.05) is 96.1 Å². The average Bonchev–Trinajstić information content (AvgIpc) is 3.49. The molecule has 0 saturated carbocycles. The lowest BCUT2D eigenvalue weighted by Gasteiger charge is -2.40. The van der Waals surface area contributed by atoms with E-state index in [0.29, 0.717) is 6.61 Å². The highest BCUT2D eigenvalue weighted by Gasteiger charge is 2.37. The van der Waals surface area contributed by atoms with E-state index >= 15 is 0 Å². The van der Waals surface area contributed by atoms with E-state index in [1.165, 1.54) is 44.7 Å². The lowest BCUT2D eigenvalue weighted by molar-refractivity contribution is 0.0495. The molecule has 46 heavy (non-hydrogen) atoms. The highest BCUT2D eigenvalue weighted by molar-refractivity contribution is 5.82. The summed E-state index contributed by atoms with van der Waals surface area (Å²) < 4.78 is 24.3. The zero-order valence-corrected chi connectivity index (χ0v) is 28.2. The van der Waals surface area contributed by atoms with Crippen LogP contribution in [0.2, 0.25) is 0 Å². The Bertz CT molecular complexity index is 1780. The van der Waals surface area contributed by atoms with Crippen LogP contribution in [0.25, 0.3) is 5.70 Å². The van der Waals surface area contributed by atoms with Crippen LogP contribution in [0.1, 0.15) is 74.9 Å². The van der Waals surface area contributed by atoms with E-state index in [9.17, 15) is 0 Å². The molecule has 0 radical (unpaired) electrons. The van der Waals surface area contributed by atoms with E-state index in [0.717, 1.165) is 47.8 Å². The molecule has 1 unspecified atom stereocenters. The molecule has 0 aromatic heterocycles. The molecule has 3 heterocycles. The maximum Gasteiger partial charge on any atom is 0.231 e. The van der Waals surface area contributed by atoms with Gasteiger partial charge in [-0.15, -0.1) is 0 Å². The van der Waals surface area contributed by atoms with Crippen molar-refractivity contribution >= 4 is 5.70 Å². The molecule has 7 rings (SSSR count). The Hall–Kier alpha value is -4.22. The van der Waals surface area contributed by atoms with Crippen LogP contribution >= 0.6 is 0 Å². The summed E-state index contributed by atoms with van der Waals surface area (Å²) in [4.78, 5) is 2.42. The molecule has 0 saturated heterocycles.